The second kappa shape index (κ2) is 10.4. The number of benzene rings is 1. The van der Waals surface area contributed by atoms with Crippen LogP contribution in [0.4, 0.5) is 4.79 Å². The summed E-state index contributed by atoms with van der Waals surface area (Å²) in [4.78, 5) is 36.5. The Morgan fingerprint density at radius 1 is 0.971 bits per heavy atom. The minimum absolute atomic E-state index is 0.122. The smallest absolute Gasteiger partial charge is 0.328 e. The van der Waals surface area contributed by atoms with Crippen molar-refractivity contribution in [2.75, 3.05) is 47.6 Å². The van der Waals surface area contributed by atoms with Crippen LogP contribution in [-0.2, 0) is 22.6 Å². The average molecular weight is 469 g/mol. The number of hydrogen-bond donors (Lipinski definition) is 0. The summed E-state index contributed by atoms with van der Waals surface area (Å²) >= 11 is 0. The molecule has 0 bridgehead atoms. The predicted molar refractivity (Wildman–Crippen MR) is 126 cm³/mol. The van der Waals surface area contributed by atoms with Gasteiger partial charge in [0.15, 0.2) is 11.5 Å². The third kappa shape index (κ3) is 4.58. The number of ether oxygens (including phenoxy) is 3. The molecule has 34 heavy (non-hydrogen) atoms. The number of imide groups is 1. The highest BCUT2D eigenvalue weighted by Crippen LogP contribution is 2.38. The molecule has 9 heteroatoms. The number of amides is 3. The Morgan fingerprint density at radius 2 is 1.74 bits per heavy atom. The first-order valence-electron chi connectivity index (χ1n) is 11.5. The van der Waals surface area contributed by atoms with Crippen LogP contribution in [0.1, 0.15) is 24.0 Å². The van der Waals surface area contributed by atoms with Crippen molar-refractivity contribution in [3.8, 4) is 11.5 Å². The largest absolute Gasteiger partial charge is 0.493 e. The molecule has 0 aliphatic carbocycles. The summed E-state index contributed by atoms with van der Waals surface area (Å²) in [5, 5.41) is 0. The van der Waals surface area contributed by atoms with Crippen molar-refractivity contribution < 1.29 is 23.8 Å². The van der Waals surface area contributed by atoms with Gasteiger partial charge in [0.1, 0.15) is 5.54 Å². The first-order chi connectivity index (χ1) is 16.5. The number of carbonyl (C=O) groups excluding carboxylic acids is 2. The van der Waals surface area contributed by atoms with Crippen molar-refractivity contribution >= 4 is 11.9 Å². The van der Waals surface area contributed by atoms with Crippen LogP contribution in [0, 0.1) is 0 Å². The lowest BCUT2D eigenvalue weighted by Gasteiger charge is -2.42. The second-order valence-corrected chi connectivity index (χ2v) is 8.68. The fraction of sp³-hybridized carbons (Fsp3) is 0.480. The topological polar surface area (TPSA) is 84.4 Å². The number of nitrogens with zero attached hydrogens (tertiary/aromatic N) is 4. The maximum Gasteiger partial charge on any atom is 0.328 e. The van der Waals surface area contributed by atoms with Crippen molar-refractivity contribution in [1.82, 2.24) is 19.7 Å². The molecule has 0 N–H and O–H groups in total. The average Bonchev–Trinajstić information content (AvgIpc) is 3.05. The lowest BCUT2D eigenvalue weighted by atomic mass is 9.85. The minimum atomic E-state index is -0.827. The van der Waals surface area contributed by atoms with E-state index < -0.39 is 5.54 Å². The van der Waals surface area contributed by atoms with Crippen LogP contribution in [0.15, 0.2) is 42.7 Å². The summed E-state index contributed by atoms with van der Waals surface area (Å²) < 4.78 is 16.0. The molecule has 1 aromatic heterocycles. The molecule has 2 aliphatic rings. The van der Waals surface area contributed by atoms with Gasteiger partial charge >= 0.3 is 6.03 Å². The Kier molecular flexibility index (Phi) is 7.33. The Hall–Kier alpha value is -3.17. The number of piperidine rings is 1. The minimum Gasteiger partial charge on any atom is -0.493 e. The summed E-state index contributed by atoms with van der Waals surface area (Å²) in [6.07, 6.45) is 4.53. The zero-order chi connectivity index (χ0) is 24.1. The van der Waals surface area contributed by atoms with Crippen LogP contribution < -0.4 is 9.47 Å². The molecule has 2 aromatic rings. The predicted octanol–water partition coefficient (Wildman–Crippen LogP) is 2.54. The molecular weight excluding hydrogens is 436 g/mol. The van der Waals surface area contributed by atoms with Gasteiger partial charge in [0.25, 0.3) is 5.91 Å². The van der Waals surface area contributed by atoms with Gasteiger partial charge in [-0.1, -0.05) is 12.1 Å². The van der Waals surface area contributed by atoms with E-state index >= 15 is 0 Å². The third-order valence-electron chi connectivity index (χ3n) is 6.74. The number of carbonyl (C=O) groups is 2. The summed E-state index contributed by atoms with van der Waals surface area (Å²) in [7, 11) is 4.85. The quantitative estimate of drug-likeness (QED) is 0.523. The molecule has 3 heterocycles. The highest BCUT2D eigenvalue weighted by Gasteiger charge is 2.57. The van der Waals surface area contributed by atoms with Gasteiger partial charge in [0.05, 0.1) is 27.4 Å². The van der Waals surface area contributed by atoms with Crippen LogP contribution in [0.25, 0.3) is 0 Å². The molecular formula is C25H32N4O5. The molecule has 4 rings (SSSR count). The molecule has 0 atom stereocenters. The Morgan fingerprint density at radius 3 is 2.38 bits per heavy atom. The Bertz CT molecular complexity index is 1010. The first kappa shape index (κ1) is 24.0. The zero-order valence-corrected chi connectivity index (χ0v) is 20.0. The lowest BCUT2D eigenvalue weighted by Crippen LogP contribution is -2.57. The van der Waals surface area contributed by atoms with Gasteiger partial charge in [-0.25, -0.2) is 4.79 Å². The van der Waals surface area contributed by atoms with Crippen molar-refractivity contribution in [3.05, 3.63) is 53.9 Å². The van der Waals surface area contributed by atoms with Crippen molar-refractivity contribution in [2.45, 2.75) is 31.5 Å². The van der Waals surface area contributed by atoms with Crippen LogP contribution >= 0.6 is 0 Å². The molecule has 1 spiro atoms. The number of likely N-dealkylation sites (tertiary alicyclic amines) is 1. The van der Waals surface area contributed by atoms with Crippen LogP contribution in [0.3, 0.4) is 0 Å². The molecule has 182 valence electrons. The van der Waals surface area contributed by atoms with Crippen molar-refractivity contribution in [3.63, 3.8) is 0 Å². The van der Waals surface area contributed by atoms with Crippen LogP contribution in [-0.4, -0.2) is 84.7 Å². The van der Waals surface area contributed by atoms with E-state index in [9.17, 15) is 9.59 Å². The maximum absolute atomic E-state index is 13.6. The van der Waals surface area contributed by atoms with Gasteiger partial charge in [0.2, 0.25) is 0 Å². The number of hydrogen-bond acceptors (Lipinski definition) is 7. The summed E-state index contributed by atoms with van der Waals surface area (Å²) in [5.74, 6) is 1.27. The Balaban J connectivity index is 1.49. The van der Waals surface area contributed by atoms with E-state index in [1.54, 1.807) is 38.6 Å². The third-order valence-corrected chi connectivity index (χ3v) is 6.74. The van der Waals surface area contributed by atoms with Gasteiger partial charge in [-0.2, -0.15) is 0 Å². The fourth-order valence-electron chi connectivity index (χ4n) is 4.89. The van der Waals surface area contributed by atoms with E-state index in [0.29, 0.717) is 50.6 Å². The standard InChI is InChI=1S/C25H32N4O5/c1-32-14-13-29-24(31)28(18-20-5-4-10-26-16-20)23(30)25(29)8-11-27(12-9-25)17-19-6-7-21(33-2)22(15-19)34-3/h4-7,10,15-16H,8-9,11-14,17-18H2,1-3H3. The van der Waals surface area contributed by atoms with Gasteiger partial charge in [0, 0.05) is 45.7 Å². The highest BCUT2D eigenvalue weighted by atomic mass is 16.5. The van der Waals surface area contributed by atoms with E-state index in [-0.39, 0.29) is 18.5 Å². The molecule has 0 unspecified atom stereocenters. The Labute approximate surface area is 200 Å². The summed E-state index contributed by atoms with van der Waals surface area (Å²) in [6.45, 7) is 3.15. The molecule has 2 fully saturated rings. The van der Waals surface area contributed by atoms with E-state index in [1.165, 1.54) is 4.90 Å². The highest BCUT2D eigenvalue weighted by molar-refractivity contribution is 6.07. The molecule has 9 nitrogen and oxygen atoms in total. The number of aromatic nitrogens is 1. The molecule has 1 aromatic carbocycles. The zero-order valence-electron chi connectivity index (χ0n) is 20.0. The molecule has 0 radical (unpaired) electrons. The van der Waals surface area contributed by atoms with Gasteiger partial charge in [-0.3, -0.25) is 19.6 Å². The van der Waals surface area contributed by atoms with Crippen molar-refractivity contribution in [2.24, 2.45) is 0 Å². The lowest BCUT2D eigenvalue weighted by molar-refractivity contribution is -0.136. The van der Waals surface area contributed by atoms with Crippen LogP contribution in [0.2, 0.25) is 0 Å². The monoisotopic (exact) mass is 468 g/mol. The number of rotatable bonds is 9. The van der Waals surface area contributed by atoms with Crippen LogP contribution in [0.5, 0.6) is 11.5 Å². The second-order valence-electron chi connectivity index (χ2n) is 8.68. The first-order valence-corrected chi connectivity index (χ1v) is 11.5. The summed E-state index contributed by atoms with van der Waals surface area (Å²) in [6, 6.07) is 9.35. The normalized spacial score (nSPS) is 18.1. The van der Waals surface area contributed by atoms with Crippen molar-refractivity contribution in [1.29, 1.82) is 0 Å². The number of urea groups is 1. The van der Waals surface area contributed by atoms with E-state index in [4.69, 9.17) is 14.2 Å². The van der Waals surface area contributed by atoms with Gasteiger partial charge in [-0.05, 0) is 42.2 Å². The van der Waals surface area contributed by atoms with Gasteiger partial charge in [-0.15, -0.1) is 0 Å². The molecule has 2 aliphatic heterocycles. The SMILES string of the molecule is COCCN1C(=O)N(Cc2cccnc2)C(=O)C12CCN(Cc1ccc(OC)c(OC)c1)CC2. The fourth-order valence-corrected chi connectivity index (χ4v) is 4.89. The molecule has 3 amide bonds. The van der Waals surface area contributed by atoms with E-state index in [1.807, 2.05) is 30.3 Å². The molecule has 2 saturated heterocycles. The maximum atomic E-state index is 13.6. The van der Waals surface area contributed by atoms with Gasteiger partial charge < -0.3 is 19.1 Å². The van der Waals surface area contributed by atoms with E-state index in [2.05, 4.69) is 9.88 Å². The van der Waals surface area contributed by atoms with E-state index in [0.717, 1.165) is 17.7 Å². The molecule has 0 saturated carbocycles. The number of methoxy groups -OCH3 is 3. The number of pyridine rings is 1. The summed E-state index contributed by atoms with van der Waals surface area (Å²) in [5.41, 5.74) is 1.11.